The van der Waals surface area contributed by atoms with E-state index in [9.17, 15) is 4.79 Å². The highest BCUT2D eigenvalue weighted by molar-refractivity contribution is 5.82. The van der Waals surface area contributed by atoms with Crippen LogP contribution in [-0.2, 0) is 17.8 Å². The monoisotopic (exact) mass is 232 g/mol. The van der Waals surface area contributed by atoms with Gasteiger partial charge in [-0.3, -0.25) is 4.79 Å². The fourth-order valence-electron chi connectivity index (χ4n) is 2.35. The molecule has 0 aromatic carbocycles. The molecule has 0 aliphatic heterocycles. The lowest BCUT2D eigenvalue weighted by atomic mass is 9.95. The molecule has 0 radical (unpaired) electrons. The maximum absolute atomic E-state index is 12.0. The molecule has 17 heavy (non-hydrogen) atoms. The Bertz CT molecular complexity index is 418. The average Bonchev–Trinajstić information content (AvgIpc) is 2.77. The van der Waals surface area contributed by atoms with Crippen molar-refractivity contribution in [1.29, 1.82) is 0 Å². The van der Waals surface area contributed by atoms with E-state index in [-0.39, 0.29) is 0 Å². The van der Waals surface area contributed by atoms with Crippen LogP contribution in [0.1, 0.15) is 44.9 Å². The van der Waals surface area contributed by atoms with Gasteiger partial charge in [0, 0.05) is 25.4 Å². The Hall–Kier alpha value is -1.38. The first kappa shape index (κ1) is 12.1. The van der Waals surface area contributed by atoms with Crippen molar-refractivity contribution in [3.63, 3.8) is 0 Å². The topological polar surface area (TPSA) is 34.9 Å². The molecule has 1 heterocycles. The molecule has 1 aromatic rings. The Morgan fingerprint density at radius 1 is 1.41 bits per heavy atom. The standard InChI is InChI=1S/C14H20N2O/c1-2-16-9-8-15-14(16)11-13(17)10-12-6-4-3-5-7-12/h6,8-9H,2-5,7,10-11H2,1H3. The van der Waals surface area contributed by atoms with Crippen molar-refractivity contribution in [2.45, 2.75) is 52.0 Å². The van der Waals surface area contributed by atoms with Gasteiger partial charge in [0.25, 0.3) is 0 Å². The molecule has 1 aliphatic rings. The molecule has 92 valence electrons. The fraction of sp³-hybridized carbons (Fsp3) is 0.571. The summed E-state index contributed by atoms with van der Waals surface area (Å²) >= 11 is 0. The Morgan fingerprint density at radius 3 is 3.00 bits per heavy atom. The highest BCUT2D eigenvalue weighted by Crippen LogP contribution is 2.20. The van der Waals surface area contributed by atoms with E-state index in [1.165, 1.54) is 18.4 Å². The summed E-state index contributed by atoms with van der Waals surface area (Å²) in [5, 5.41) is 0. The molecule has 0 amide bonds. The maximum atomic E-state index is 12.0. The van der Waals surface area contributed by atoms with Crippen LogP contribution in [0, 0.1) is 0 Å². The lowest BCUT2D eigenvalue weighted by Gasteiger charge is -2.11. The second-order valence-corrected chi connectivity index (χ2v) is 4.63. The summed E-state index contributed by atoms with van der Waals surface area (Å²) in [6, 6.07) is 0. The van der Waals surface area contributed by atoms with E-state index in [4.69, 9.17) is 0 Å². The first-order valence-corrected chi connectivity index (χ1v) is 6.49. The molecule has 0 atom stereocenters. The van der Waals surface area contributed by atoms with E-state index in [2.05, 4.69) is 18.0 Å². The van der Waals surface area contributed by atoms with Gasteiger partial charge < -0.3 is 4.57 Å². The van der Waals surface area contributed by atoms with Gasteiger partial charge in [-0.25, -0.2) is 4.98 Å². The summed E-state index contributed by atoms with van der Waals surface area (Å²) in [6.45, 7) is 2.95. The number of hydrogen-bond donors (Lipinski definition) is 0. The predicted molar refractivity (Wildman–Crippen MR) is 67.8 cm³/mol. The third kappa shape index (κ3) is 3.29. The zero-order valence-electron chi connectivity index (χ0n) is 10.5. The molecule has 0 N–H and O–H groups in total. The van der Waals surface area contributed by atoms with Gasteiger partial charge in [0.05, 0.1) is 6.42 Å². The van der Waals surface area contributed by atoms with Gasteiger partial charge in [-0.15, -0.1) is 0 Å². The highest BCUT2D eigenvalue weighted by atomic mass is 16.1. The predicted octanol–water partition coefficient (Wildman–Crippen LogP) is 2.91. The minimum absolute atomic E-state index is 0.291. The molecule has 1 aromatic heterocycles. The van der Waals surface area contributed by atoms with Crippen molar-refractivity contribution < 1.29 is 4.79 Å². The minimum Gasteiger partial charge on any atom is -0.335 e. The van der Waals surface area contributed by atoms with E-state index in [0.29, 0.717) is 18.6 Å². The smallest absolute Gasteiger partial charge is 0.144 e. The normalized spacial score (nSPS) is 15.7. The summed E-state index contributed by atoms with van der Waals surface area (Å²) < 4.78 is 2.03. The van der Waals surface area contributed by atoms with Gasteiger partial charge in [-0.05, 0) is 32.6 Å². The zero-order chi connectivity index (χ0) is 12.1. The van der Waals surface area contributed by atoms with Crippen molar-refractivity contribution in [3.8, 4) is 0 Å². The molecule has 0 fully saturated rings. The first-order valence-electron chi connectivity index (χ1n) is 6.49. The third-order valence-electron chi connectivity index (χ3n) is 3.31. The lowest BCUT2D eigenvalue weighted by molar-refractivity contribution is -0.118. The molecule has 0 saturated carbocycles. The molecular weight excluding hydrogens is 212 g/mol. The molecule has 0 unspecified atom stereocenters. The van der Waals surface area contributed by atoms with Crippen molar-refractivity contribution in [2.75, 3.05) is 0 Å². The van der Waals surface area contributed by atoms with Crippen molar-refractivity contribution >= 4 is 5.78 Å². The quantitative estimate of drug-likeness (QED) is 0.732. The Morgan fingerprint density at radius 2 is 2.29 bits per heavy atom. The third-order valence-corrected chi connectivity index (χ3v) is 3.31. The van der Waals surface area contributed by atoms with E-state index >= 15 is 0 Å². The molecule has 3 heteroatoms. The minimum atomic E-state index is 0.291. The molecule has 0 bridgehead atoms. The van der Waals surface area contributed by atoms with Crippen molar-refractivity contribution in [3.05, 3.63) is 29.9 Å². The molecule has 1 aliphatic carbocycles. The number of imidazole rings is 1. The van der Waals surface area contributed by atoms with Crippen LogP contribution in [0.4, 0.5) is 0 Å². The van der Waals surface area contributed by atoms with Crippen molar-refractivity contribution in [2.24, 2.45) is 0 Å². The van der Waals surface area contributed by atoms with Crippen LogP contribution in [0.25, 0.3) is 0 Å². The molecule has 0 saturated heterocycles. The molecule has 3 nitrogen and oxygen atoms in total. The second kappa shape index (κ2) is 5.80. The SMILES string of the molecule is CCn1ccnc1CC(=O)CC1=CCCCC1. The number of Topliss-reactive ketones (excluding diaryl/α,β-unsaturated/α-hetero) is 1. The second-order valence-electron chi connectivity index (χ2n) is 4.63. The van der Waals surface area contributed by atoms with Gasteiger partial charge in [-0.2, -0.15) is 0 Å². The van der Waals surface area contributed by atoms with Crippen LogP contribution in [-0.4, -0.2) is 15.3 Å². The van der Waals surface area contributed by atoms with Crippen LogP contribution < -0.4 is 0 Å². The number of aryl methyl sites for hydroxylation is 1. The summed E-state index contributed by atoms with van der Waals surface area (Å²) in [7, 11) is 0. The van der Waals surface area contributed by atoms with Crippen LogP contribution in [0.5, 0.6) is 0 Å². The summed E-state index contributed by atoms with van der Waals surface area (Å²) in [6.07, 6.45) is 11.8. The van der Waals surface area contributed by atoms with Gasteiger partial charge in [0.2, 0.25) is 0 Å². The number of nitrogens with zero attached hydrogens (tertiary/aromatic N) is 2. The molecule has 0 spiro atoms. The Labute approximate surface area is 103 Å². The van der Waals surface area contributed by atoms with Gasteiger partial charge >= 0.3 is 0 Å². The molecular formula is C14H20N2O. The average molecular weight is 232 g/mol. The Kier molecular flexibility index (Phi) is 4.13. The lowest BCUT2D eigenvalue weighted by Crippen LogP contribution is -2.10. The van der Waals surface area contributed by atoms with E-state index in [1.54, 1.807) is 6.20 Å². The van der Waals surface area contributed by atoms with Crippen molar-refractivity contribution in [1.82, 2.24) is 9.55 Å². The number of hydrogen-bond acceptors (Lipinski definition) is 2. The summed E-state index contributed by atoms with van der Waals surface area (Å²) in [5.41, 5.74) is 1.33. The first-order chi connectivity index (χ1) is 8.29. The number of allylic oxidation sites excluding steroid dienone is 2. The van der Waals surface area contributed by atoms with Crippen LogP contribution >= 0.6 is 0 Å². The van der Waals surface area contributed by atoms with E-state index < -0.39 is 0 Å². The fourth-order valence-corrected chi connectivity index (χ4v) is 2.35. The van der Waals surface area contributed by atoms with Crippen LogP contribution in [0.3, 0.4) is 0 Å². The largest absolute Gasteiger partial charge is 0.335 e. The number of ketones is 1. The zero-order valence-corrected chi connectivity index (χ0v) is 10.5. The number of carbonyl (C=O) groups excluding carboxylic acids is 1. The summed E-state index contributed by atoms with van der Waals surface area (Å²) in [5.74, 6) is 1.19. The maximum Gasteiger partial charge on any atom is 0.144 e. The van der Waals surface area contributed by atoms with Crippen LogP contribution in [0.2, 0.25) is 0 Å². The van der Waals surface area contributed by atoms with Gasteiger partial charge in [0.15, 0.2) is 0 Å². The van der Waals surface area contributed by atoms with Gasteiger partial charge in [0.1, 0.15) is 11.6 Å². The Balaban J connectivity index is 1.91. The highest BCUT2D eigenvalue weighted by Gasteiger charge is 2.12. The van der Waals surface area contributed by atoms with E-state index in [1.807, 2.05) is 10.8 Å². The number of carbonyl (C=O) groups is 1. The number of aromatic nitrogens is 2. The number of rotatable bonds is 5. The van der Waals surface area contributed by atoms with Crippen LogP contribution in [0.15, 0.2) is 24.0 Å². The molecule has 2 rings (SSSR count). The summed E-state index contributed by atoms with van der Waals surface area (Å²) in [4.78, 5) is 16.2. The van der Waals surface area contributed by atoms with Gasteiger partial charge in [-0.1, -0.05) is 11.6 Å². The van der Waals surface area contributed by atoms with E-state index in [0.717, 1.165) is 25.2 Å².